The van der Waals surface area contributed by atoms with E-state index in [9.17, 15) is 4.79 Å². The normalized spacial score (nSPS) is 14.4. The van der Waals surface area contributed by atoms with E-state index >= 15 is 0 Å². The third-order valence-corrected chi connectivity index (χ3v) is 4.44. The van der Waals surface area contributed by atoms with Crippen molar-refractivity contribution in [1.82, 2.24) is 10.3 Å². The third-order valence-electron chi connectivity index (χ3n) is 3.53. The molecule has 0 spiro atoms. The van der Waals surface area contributed by atoms with Crippen LogP contribution in [0.3, 0.4) is 0 Å². The van der Waals surface area contributed by atoms with Crippen molar-refractivity contribution in [2.45, 2.75) is 46.1 Å². The van der Waals surface area contributed by atoms with Gasteiger partial charge < -0.3 is 5.32 Å². The van der Waals surface area contributed by atoms with Crippen molar-refractivity contribution in [1.29, 1.82) is 0 Å². The average molecular weight is 293 g/mol. The molecule has 1 N–H and O–H groups in total. The fourth-order valence-corrected chi connectivity index (χ4v) is 3.36. The second-order valence-corrected chi connectivity index (χ2v) is 5.90. The van der Waals surface area contributed by atoms with Gasteiger partial charge in [0, 0.05) is 25.4 Å². The summed E-state index contributed by atoms with van der Waals surface area (Å²) >= 11 is 1.54. The minimum Gasteiger partial charge on any atom is -0.311 e. The van der Waals surface area contributed by atoms with Crippen molar-refractivity contribution in [2.75, 3.05) is 18.0 Å². The highest BCUT2D eigenvalue weighted by Gasteiger charge is 2.13. The Hall–Kier alpha value is -1.20. The fraction of sp³-hybridized carbons (Fsp3) is 0.600. The van der Waals surface area contributed by atoms with Gasteiger partial charge in [0.2, 0.25) is 5.91 Å². The smallest absolute Gasteiger partial charge is 0.225 e. The topological polar surface area (TPSA) is 45.2 Å². The predicted molar refractivity (Wildman–Crippen MR) is 84.1 cm³/mol. The van der Waals surface area contributed by atoms with Crippen LogP contribution < -0.4 is 10.2 Å². The number of carbonyl (C=O) groups is 1. The van der Waals surface area contributed by atoms with Crippen LogP contribution in [0.5, 0.6) is 0 Å². The number of hydrogen-bond donors (Lipinski definition) is 1. The van der Waals surface area contributed by atoms with E-state index in [0.717, 1.165) is 30.3 Å². The summed E-state index contributed by atoms with van der Waals surface area (Å²) in [5, 5.41) is 6.26. The van der Waals surface area contributed by atoms with Crippen molar-refractivity contribution in [2.24, 2.45) is 0 Å². The molecule has 1 aromatic heterocycles. The van der Waals surface area contributed by atoms with Crippen LogP contribution in [0.25, 0.3) is 0 Å². The first-order chi connectivity index (χ1) is 9.70. The molecule has 0 aromatic carbocycles. The lowest BCUT2D eigenvalue weighted by Gasteiger charge is -2.14. The molecule has 1 aromatic rings. The van der Waals surface area contributed by atoms with Gasteiger partial charge in [-0.25, -0.2) is 4.98 Å². The molecular weight excluding hydrogens is 270 g/mol. The van der Waals surface area contributed by atoms with E-state index < -0.39 is 0 Å². The Morgan fingerprint density at radius 1 is 1.55 bits per heavy atom. The molecule has 0 aliphatic heterocycles. The van der Waals surface area contributed by atoms with Crippen LogP contribution in [0.15, 0.2) is 17.0 Å². The third kappa shape index (κ3) is 4.15. The number of carbonyl (C=O) groups excluding carboxylic acids is 1. The van der Waals surface area contributed by atoms with Gasteiger partial charge >= 0.3 is 0 Å². The number of rotatable bonds is 7. The molecule has 2 rings (SSSR count). The molecular formula is C15H23N3OS. The monoisotopic (exact) mass is 293 g/mol. The number of thiazole rings is 1. The van der Waals surface area contributed by atoms with Crippen LogP contribution in [0.2, 0.25) is 0 Å². The summed E-state index contributed by atoms with van der Waals surface area (Å²) in [7, 11) is 0. The van der Waals surface area contributed by atoms with Crippen LogP contribution in [0.1, 0.15) is 45.2 Å². The lowest BCUT2D eigenvalue weighted by Crippen LogP contribution is -2.27. The second kappa shape index (κ2) is 7.55. The highest BCUT2D eigenvalue weighted by atomic mass is 32.1. The maximum atomic E-state index is 11.5. The van der Waals surface area contributed by atoms with Gasteiger partial charge in [-0.3, -0.25) is 9.69 Å². The summed E-state index contributed by atoms with van der Waals surface area (Å²) in [5.41, 5.74) is 2.61. The maximum Gasteiger partial charge on any atom is 0.225 e. The van der Waals surface area contributed by atoms with E-state index in [1.54, 1.807) is 17.4 Å². The van der Waals surface area contributed by atoms with Gasteiger partial charge in [-0.2, -0.15) is 0 Å². The maximum absolute atomic E-state index is 11.5. The van der Waals surface area contributed by atoms with Crippen LogP contribution in [-0.2, 0) is 11.3 Å². The molecule has 20 heavy (non-hydrogen) atoms. The molecule has 0 fully saturated rings. The summed E-state index contributed by atoms with van der Waals surface area (Å²) < 4.78 is 0. The Morgan fingerprint density at radius 3 is 3.05 bits per heavy atom. The summed E-state index contributed by atoms with van der Waals surface area (Å²) in [6.07, 6.45) is 7.36. The molecule has 0 saturated carbocycles. The molecule has 0 saturated heterocycles. The van der Waals surface area contributed by atoms with Gasteiger partial charge in [0.1, 0.15) is 0 Å². The van der Waals surface area contributed by atoms with Crippen LogP contribution >= 0.6 is 11.3 Å². The van der Waals surface area contributed by atoms with Crippen molar-refractivity contribution >= 4 is 22.4 Å². The van der Waals surface area contributed by atoms with Gasteiger partial charge in [-0.15, -0.1) is 11.3 Å². The summed E-state index contributed by atoms with van der Waals surface area (Å²) in [4.78, 5) is 17.7. The minimum atomic E-state index is 0.0505. The lowest BCUT2D eigenvalue weighted by molar-refractivity contribution is -0.116. The largest absolute Gasteiger partial charge is 0.311 e. The van der Waals surface area contributed by atoms with Crippen molar-refractivity contribution in [3.05, 3.63) is 22.7 Å². The molecule has 1 aliphatic rings. The Morgan fingerprint density at radius 2 is 2.40 bits per heavy atom. The number of aromatic nitrogens is 1. The predicted octanol–water partition coefficient (Wildman–Crippen LogP) is 3.11. The van der Waals surface area contributed by atoms with Crippen LogP contribution in [0, 0.1) is 0 Å². The molecule has 0 atom stereocenters. The quantitative estimate of drug-likeness (QED) is 0.620. The molecule has 0 bridgehead atoms. The van der Waals surface area contributed by atoms with E-state index in [0.29, 0.717) is 6.54 Å². The highest BCUT2D eigenvalue weighted by molar-refractivity contribution is 7.14. The van der Waals surface area contributed by atoms with E-state index in [4.69, 9.17) is 0 Å². The lowest BCUT2D eigenvalue weighted by atomic mass is 10.2. The number of nitrogens with zero attached hydrogens (tertiary/aromatic N) is 2. The number of amides is 1. The van der Waals surface area contributed by atoms with E-state index in [1.807, 2.05) is 12.3 Å². The van der Waals surface area contributed by atoms with Crippen molar-refractivity contribution < 1.29 is 4.79 Å². The Kier molecular flexibility index (Phi) is 5.73. The summed E-state index contributed by atoms with van der Waals surface area (Å²) in [5.74, 6) is 0.0505. The standard InChI is InChI=1S/C15H23N3OS/c1-3-18(12(2)19)15-17-14(11-20-15)10-16-9-8-13-6-4-5-7-13/h6,11,16H,3-5,7-10H2,1-2H3. The van der Waals surface area contributed by atoms with Crippen molar-refractivity contribution in [3.63, 3.8) is 0 Å². The molecule has 0 radical (unpaired) electrons. The first-order valence-electron chi connectivity index (χ1n) is 7.32. The number of allylic oxidation sites excluding steroid dienone is 1. The van der Waals surface area contributed by atoms with E-state index in [2.05, 4.69) is 16.4 Å². The second-order valence-electron chi connectivity index (χ2n) is 5.07. The van der Waals surface area contributed by atoms with Crippen LogP contribution in [0.4, 0.5) is 5.13 Å². The molecule has 1 heterocycles. The van der Waals surface area contributed by atoms with Gasteiger partial charge in [0.05, 0.1) is 5.69 Å². The van der Waals surface area contributed by atoms with E-state index in [1.165, 1.54) is 30.6 Å². The van der Waals surface area contributed by atoms with Gasteiger partial charge in [-0.1, -0.05) is 11.6 Å². The Labute approximate surface area is 124 Å². The zero-order valence-electron chi connectivity index (χ0n) is 12.3. The Balaban J connectivity index is 1.76. The van der Waals surface area contributed by atoms with E-state index in [-0.39, 0.29) is 5.91 Å². The number of nitrogens with one attached hydrogen (secondary N) is 1. The van der Waals surface area contributed by atoms with Crippen molar-refractivity contribution in [3.8, 4) is 0 Å². The van der Waals surface area contributed by atoms with Gasteiger partial charge in [0.15, 0.2) is 5.13 Å². The van der Waals surface area contributed by atoms with Gasteiger partial charge in [0.25, 0.3) is 0 Å². The number of hydrogen-bond acceptors (Lipinski definition) is 4. The SMILES string of the molecule is CCN(C(C)=O)c1nc(CNCCC2=CCCC2)cs1. The molecule has 4 nitrogen and oxygen atoms in total. The molecule has 5 heteroatoms. The Bertz CT molecular complexity index is 481. The summed E-state index contributed by atoms with van der Waals surface area (Å²) in [6, 6.07) is 0. The van der Waals surface area contributed by atoms with Gasteiger partial charge in [-0.05, 0) is 39.2 Å². The number of anilines is 1. The molecule has 0 unspecified atom stereocenters. The minimum absolute atomic E-state index is 0.0505. The first kappa shape index (κ1) is 15.2. The average Bonchev–Trinajstić information content (AvgIpc) is 3.06. The zero-order valence-corrected chi connectivity index (χ0v) is 13.1. The zero-order chi connectivity index (χ0) is 14.4. The van der Waals surface area contributed by atoms with Crippen LogP contribution in [-0.4, -0.2) is 24.0 Å². The molecule has 1 amide bonds. The highest BCUT2D eigenvalue weighted by Crippen LogP contribution is 2.21. The summed E-state index contributed by atoms with van der Waals surface area (Å²) in [6.45, 7) is 6.00. The first-order valence-corrected chi connectivity index (χ1v) is 8.19. The molecule has 110 valence electrons. The molecule has 1 aliphatic carbocycles. The fourth-order valence-electron chi connectivity index (χ4n) is 2.42.